The Bertz CT molecular complexity index is 1220. The SMILES string of the molecule is COc1cnc(C)c(F)c1-c1cc(C)ncc1C(=O)Nc1nnc(O[C@@H]2C[C@H]3CC[C@@H]2O3)s1. The van der Waals surface area contributed by atoms with Crippen molar-refractivity contribution in [1.29, 1.82) is 0 Å². The highest BCUT2D eigenvalue weighted by Gasteiger charge is 2.42. The van der Waals surface area contributed by atoms with Gasteiger partial charge in [-0.2, -0.15) is 0 Å². The van der Waals surface area contributed by atoms with Gasteiger partial charge >= 0.3 is 0 Å². The number of fused-ring (bicyclic) bond motifs is 2. The predicted octanol–water partition coefficient (Wildman–Crippen LogP) is 3.71. The Morgan fingerprint density at radius 3 is 2.82 bits per heavy atom. The number of amides is 1. The number of nitrogens with one attached hydrogen (secondary N) is 1. The molecule has 1 N–H and O–H groups in total. The van der Waals surface area contributed by atoms with Crippen LogP contribution in [-0.2, 0) is 4.74 Å². The van der Waals surface area contributed by atoms with Crippen molar-refractivity contribution >= 4 is 22.4 Å². The molecule has 0 aliphatic carbocycles. The number of hydrogen-bond acceptors (Lipinski definition) is 9. The number of pyridine rings is 2. The summed E-state index contributed by atoms with van der Waals surface area (Å²) in [6, 6.07) is 1.64. The number of hydrogen-bond donors (Lipinski definition) is 1. The van der Waals surface area contributed by atoms with E-state index in [-0.39, 0.29) is 46.0 Å². The standard InChI is InChI=1S/C22H22FN5O4S/c1-10-6-13(18-17(30-3)9-25-11(2)19(18)23)14(8-24-10)20(29)26-21-27-28-22(33-21)32-16-7-12-4-5-15(16)31-12/h6,8-9,12,15-16H,4-5,7H2,1-3H3,(H,26,27,29)/t12-,15+,16-/m1/s1. The summed E-state index contributed by atoms with van der Waals surface area (Å²) in [6.07, 6.45) is 6.02. The molecule has 0 unspecified atom stereocenters. The maximum atomic E-state index is 15.1. The smallest absolute Gasteiger partial charge is 0.296 e. The molecule has 5 heterocycles. The predicted molar refractivity (Wildman–Crippen MR) is 118 cm³/mol. The molecule has 5 rings (SSSR count). The number of rotatable bonds is 6. The first-order chi connectivity index (χ1) is 15.9. The molecular formula is C22H22FN5O4S. The summed E-state index contributed by atoms with van der Waals surface area (Å²) in [7, 11) is 1.42. The van der Waals surface area contributed by atoms with E-state index in [0.29, 0.717) is 16.5 Å². The number of nitrogens with zero attached hydrogens (tertiary/aromatic N) is 4. The van der Waals surface area contributed by atoms with Gasteiger partial charge in [0.1, 0.15) is 11.9 Å². The summed E-state index contributed by atoms with van der Waals surface area (Å²) in [5.41, 5.74) is 1.49. The summed E-state index contributed by atoms with van der Waals surface area (Å²) in [5, 5.41) is 11.4. The topological polar surface area (TPSA) is 108 Å². The lowest BCUT2D eigenvalue weighted by atomic mass is 9.98. The molecule has 1 amide bonds. The largest absolute Gasteiger partial charge is 0.494 e. The molecule has 0 aromatic carbocycles. The first-order valence-corrected chi connectivity index (χ1v) is 11.4. The third-order valence-electron chi connectivity index (χ3n) is 5.86. The molecule has 0 spiro atoms. The third kappa shape index (κ3) is 4.13. The van der Waals surface area contributed by atoms with E-state index < -0.39 is 11.7 Å². The van der Waals surface area contributed by atoms with Crippen LogP contribution in [0.1, 0.15) is 41.0 Å². The molecule has 0 radical (unpaired) electrons. The van der Waals surface area contributed by atoms with Crippen molar-refractivity contribution in [1.82, 2.24) is 20.2 Å². The number of carbonyl (C=O) groups is 1. The first-order valence-electron chi connectivity index (χ1n) is 10.6. The van der Waals surface area contributed by atoms with Gasteiger partial charge < -0.3 is 14.2 Å². The molecule has 2 bridgehead atoms. The Labute approximate surface area is 193 Å². The van der Waals surface area contributed by atoms with E-state index in [4.69, 9.17) is 14.2 Å². The van der Waals surface area contributed by atoms with E-state index in [9.17, 15) is 4.79 Å². The number of aryl methyl sites for hydroxylation is 2. The number of methoxy groups -OCH3 is 1. The fourth-order valence-electron chi connectivity index (χ4n) is 4.24. The van der Waals surface area contributed by atoms with Crippen LogP contribution in [0.2, 0.25) is 0 Å². The summed E-state index contributed by atoms with van der Waals surface area (Å²) in [5.74, 6) is -0.842. The second-order valence-electron chi connectivity index (χ2n) is 8.07. The number of ether oxygens (including phenoxy) is 3. The van der Waals surface area contributed by atoms with Crippen molar-refractivity contribution in [3.05, 3.63) is 41.2 Å². The van der Waals surface area contributed by atoms with Crippen LogP contribution >= 0.6 is 11.3 Å². The number of aromatic nitrogens is 4. The van der Waals surface area contributed by atoms with Crippen molar-refractivity contribution < 1.29 is 23.4 Å². The zero-order valence-electron chi connectivity index (χ0n) is 18.3. The lowest BCUT2D eigenvalue weighted by molar-refractivity contribution is 0.0636. The van der Waals surface area contributed by atoms with Crippen molar-refractivity contribution in [2.75, 3.05) is 12.4 Å². The molecule has 2 aliphatic heterocycles. The molecular weight excluding hydrogens is 449 g/mol. The molecule has 3 aromatic rings. The molecule has 2 fully saturated rings. The van der Waals surface area contributed by atoms with Gasteiger partial charge in [0.2, 0.25) is 5.13 Å². The summed E-state index contributed by atoms with van der Waals surface area (Å²) >= 11 is 1.13. The average Bonchev–Trinajstić information content (AvgIpc) is 3.53. The number of anilines is 1. The second-order valence-corrected chi connectivity index (χ2v) is 9.01. The number of halogens is 1. The van der Waals surface area contributed by atoms with Gasteiger partial charge in [-0.05, 0) is 44.1 Å². The van der Waals surface area contributed by atoms with Crippen LogP contribution in [-0.4, -0.2) is 51.5 Å². The van der Waals surface area contributed by atoms with Crippen LogP contribution < -0.4 is 14.8 Å². The van der Waals surface area contributed by atoms with E-state index >= 15 is 4.39 Å². The van der Waals surface area contributed by atoms with Crippen LogP contribution in [0.4, 0.5) is 9.52 Å². The van der Waals surface area contributed by atoms with Crippen molar-refractivity contribution in [3.8, 4) is 22.1 Å². The van der Waals surface area contributed by atoms with Crippen molar-refractivity contribution in [3.63, 3.8) is 0 Å². The fraction of sp³-hybridized carbons (Fsp3) is 0.409. The van der Waals surface area contributed by atoms with Gasteiger partial charge in [0, 0.05) is 23.9 Å². The Kier molecular flexibility index (Phi) is 5.67. The van der Waals surface area contributed by atoms with E-state index in [1.807, 2.05) is 0 Å². The highest BCUT2D eigenvalue weighted by molar-refractivity contribution is 7.17. The lowest BCUT2D eigenvalue weighted by Gasteiger charge is -2.17. The molecule has 3 aromatic heterocycles. The van der Waals surface area contributed by atoms with Crippen molar-refractivity contribution in [2.24, 2.45) is 0 Å². The summed E-state index contributed by atoms with van der Waals surface area (Å²) in [4.78, 5) is 21.3. The van der Waals surface area contributed by atoms with Gasteiger partial charge in [-0.1, -0.05) is 5.10 Å². The Hall–Kier alpha value is -3.18. The average molecular weight is 472 g/mol. The van der Waals surface area contributed by atoms with E-state index in [1.54, 1.807) is 19.9 Å². The first kappa shape index (κ1) is 21.7. The van der Waals surface area contributed by atoms with Crippen LogP contribution in [0.25, 0.3) is 11.1 Å². The highest BCUT2D eigenvalue weighted by atomic mass is 32.1. The molecule has 11 heteroatoms. The molecule has 33 heavy (non-hydrogen) atoms. The van der Waals surface area contributed by atoms with Gasteiger partial charge in [-0.3, -0.25) is 20.1 Å². The van der Waals surface area contributed by atoms with Crippen LogP contribution in [0, 0.1) is 19.7 Å². The van der Waals surface area contributed by atoms with E-state index in [2.05, 4.69) is 25.5 Å². The van der Waals surface area contributed by atoms with Gasteiger partial charge in [0.25, 0.3) is 11.1 Å². The van der Waals surface area contributed by atoms with Crippen molar-refractivity contribution in [2.45, 2.75) is 51.4 Å². The maximum Gasteiger partial charge on any atom is 0.296 e. The maximum absolute atomic E-state index is 15.1. The number of carbonyl (C=O) groups excluding carboxylic acids is 1. The minimum atomic E-state index is -0.561. The molecule has 2 saturated heterocycles. The second kappa shape index (κ2) is 8.64. The fourth-order valence-corrected chi connectivity index (χ4v) is 4.88. The van der Waals surface area contributed by atoms with Gasteiger partial charge in [0.05, 0.1) is 42.3 Å². The quantitative estimate of drug-likeness (QED) is 0.580. The molecule has 3 atom stereocenters. The lowest BCUT2D eigenvalue weighted by Crippen LogP contribution is -2.28. The molecule has 9 nitrogen and oxygen atoms in total. The zero-order valence-corrected chi connectivity index (χ0v) is 19.1. The summed E-state index contributed by atoms with van der Waals surface area (Å²) < 4.78 is 32.1. The monoisotopic (exact) mass is 471 g/mol. The van der Waals surface area contributed by atoms with E-state index in [1.165, 1.54) is 19.5 Å². The Morgan fingerprint density at radius 2 is 2.09 bits per heavy atom. The van der Waals surface area contributed by atoms with Crippen LogP contribution in [0.5, 0.6) is 10.9 Å². The molecule has 0 saturated carbocycles. The minimum absolute atomic E-state index is 0.0430. The Balaban J connectivity index is 1.39. The summed E-state index contributed by atoms with van der Waals surface area (Å²) in [6.45, 7) is 3.31. The minimum Gasteiger partial charge on any atom is -0.494 e. The van der Waals surface area contributed by atoms with Crippen LogP contribution in [0.15, 0.2) is 18.5 Å². The van der Waals surface area contributed by atoms with Gasteiger partial charge in [-0.15, -0.1) is 5.10 Å². The molecule has 172 valence electrons. The highest BCUT2D eigenvalue weighted by Crippen LogP contribution is 2.38. The Morgan fingerprint density at radius 1 is 1.24 bits per heavy atom. The zero-order chi connectivity index (χ0) is 23.1. The van der Waals surface area contributed by atoms with Gasteiger partial charge in [0.15, 0.2) is 5.82 Å². The normalized spacial score (nSPS) is 21.3. The molecule has 2 aliphatic rings. The van der Waals surface area contributed by atoms with Gasteiger partial charge in [-0.25, -0.2) is 4.39 Å². The third-order valence-corrected chi connectivity index (χ3v) is 6.59. The van der Waals surface area contributed by atoms with Crippen LogP contribution in [0.3, 0.4) is 0 Å². The van der Waals surface area contributed by atoms with E-state index in [0.717, 1.165) is 30.6 Å².